The van der Waals surface area contributed by atoms with Crippen molar-refractivity contribution in [3.8, 4) is 10.7 Å². The third-order valence-electron chi connectivity index (χ3n) is 3.84. The molecule has 3 aromatic rings. The number of halogens is 4. The number of hydrogen-bond acceptors (Lipinski definition) is 3. The number of hydrogen-bond donors (Lipinski definition) is 2. The first kappa shape index (κ1) is 17.3. The maximum absolute atomic E-state index is 13.3. The molecule has 0 unspecified atom stereocenters. The second kappa shape index (κ2) is 6.74. The van der Waals surface area contributed by atoms with Gasteiger partial charge in [-0.1, -0.05) is 11.6 Å². The van der Waals surface area contributed by atoms with E-state index >= 15 is 0 Å². The molecule has 1 aromatic carbocycles. The Hall–Kier alpha value is -1.57. The molecule has 8 heteroatoms. The van der Waals surface area contributed by atoms with Crippen molar-refractivity contribution in [1.82, 2.24) is 9.97 Å². The number of unbranched alkanes of at least 4 members (excludes halogenated alkanes) is 1. The van der Waals surface area contributed by atoms with Crippen LogP contribution in [0.1, 0.15) is 24.0 Å². The molecular formula is C16H15ClF3N3S. The van der Waals surface area contributed by atoms with E-state index in [1.807, 2.05) is 0 Å². The lowest BCUT2D eigenvalue weighted by Crippen LogP contribution is -2.05. The van der Waals surface area contributed by atoms with Crippen LogP contribution < -0.4 is 5.73 Å². The zero-order valence-corrected chi connectivity index (χ0v) is 14.2. The third-order valence-corrected chi connectivity index (χ3v) is 4.95. The molecule has 128 valence electrons. The van der Waals surface area contributed by atoms with Crippen molar-refractivity contribution in [2.75, 3.05) is 6.54 Å². The second-order valence-electron chi connectivity index (χ2n) is 5.40. The molecule has 0 saturated heterocycles. The Morgan fingerprint density at radius 3 is 2.67 bits per heavy atom. The topological polar surface area (TPSA) is 54.7 Å². The molecule has 0 fully saturated rings. The van der Waals surface area contributed by atoms with Gasteiger partial charge in [0.1, 0.15) is 5.01 Å². The first-order chi connectivity index (χ1) is 11.4. The number of aromatic nitrogens is 2. The average Bonchev–Trinajstić information content (AvgIpc) is 3.14. The fraction of sp³-hybridized carbons (Fsp3) is 0.312. The van der Waals surface area contributed by atoms with Crippen molar-refractivity contribution in [1.29, 1.82) is 0 Å². The molecule has 0 aliphatic carbocycles. The number of thiazole rings is 1. The molecule has 0 aliphatic rings. The van der Waals surface area contributed by atoms with Crippen LogP contribution in [0.4, 0.5) is 13.2 Å². The monoisotopic (exact) mass is 373 g/mol. The van der Waals surface area contributed by atoms with E-state index in [0.717, 1.165) is 24.5 Å². The van der Waals surface area contributed by atoms with Gasteiger partial charge in [0, 0.05) is 17.0 Å². The van der Waals surface area contributed by atoms with Crippen molar-refractivity contribution in [3.05, 3.63) is 39.9 Å². The van der Waals surface area contributed by atoms with Gasteiger partial charge in [-0.05, 0) is 43.5 Å². The summed E-state index contributed by atoms with van der Waals surface area (Å²) in [6, 6.07) is 2.31. The Bertz CT molecular complexity index is 840. The van der Waals surface area contributed by atoms with Gasteiger partial charge in [-0.2, -0.15) is 13.2 Å². The molecule has 0 spiro atoms. The van der Waals surface area contributed by atoms with E-state index in [1.165, 1.54) is 17.4 Å². The van der Waals surface area contributed by atoms with E-state index in [-0.39, 0.29) is 5.52 Å². The summed E-state index contributed by atoms with van der Waals surface area (Å²) in [5.41, 5.74) is 6.21. The molecule has 0 bridgehead atoms. The van der Waals surface area contributed by atoms with Crippen LogP contribution in [0.3, 0.4) is 0 Å². The van der Waals surface area contributed by atoms with Crippen LogP contribution in [0, 0.1) is 0 Å². The number of nitrogens with one attached hydrogen (secondary N) is 1. The van der Waals surface area contributed by atoms with Gasteiger partial charge in [0.25, 0.3) is 0 Å². The molecule has 3 rings (SSSR count). The number of aryl methyl sites for hydroxylation is 1. The maximum Gasteiger partial charge on any atom is 0.418 e. The summed E-state index contributed by atoms with van der Waals surface area (Å²) in [5, 5.41) is 3.17. The molecule has 0 radical (unpaired) electrons. The molecule has 2 aromatic heterocycles. The predicted octanol–water partition coefficient (Wildman–Crippen LogP) is 5.25. The zero-order valence-electron chi connectivity index (χ0n) is 12.6. The van der Waals surface area contributed by atoms with Gasteiger partial charge in [-0.3, -0.25) is 0 Å². The van der Waals surface area contributed by atoms with Crippen molar-refractivity contribution in [3.63, 3.8) is 0 Å². The lowest BCUT2D eigenvalue weighted by molar-refractivity contribution is -0.136. The molecule has 0 saturated carbocycles. The van der Waals surface area contributed by atoms with Crippen molar-refractivity contribution >= 4 is 33.8 Å². The highest BCUT2D eigenvalue weighted by molar-refractivity contribution is 7.13. The van der Waals surface area contributed by atoms with Crippen molar-refractivity contribution < 1.29 is 13.2 Å². The molecule has 2 heterocycles. The fourth-order valence-corrected chi connectivity index (χ4v) is 3.73. The Morgan fingerprint density at radius 2 is 2.04 bits per heavy atom. The standard InChI is InChI=1S/C16H15ClF3N3S/c17-11-5-4-10(16(18,19)20)14-12(11)9(3-1-2-6-21)13(23-14)15-22-7-8-24-15/h4-5,7-8,23H,1-3,6,21H2. The van der Waals surface area contributed by atoms with Crippen LogP contribution in [-0.2, 0) is 12.6 Å². The number of fused-ring (bicyclic) bond motifs is 1. The van der Waals surface area contributed by atoms with Crippen LogP contribution in [-0.4, -0.2) is 16.5 Å². The van der Waals surface area contributed by atoms with Crippen LogP contribution in [0.5, 0.6) is 0 Å². The van der Waals surface area contributed by atoms with Gasteiger partial charge in [0.05, 0.1) is 21.8 Å². The van der Waals surface area contributed by atoms with Crippen LogP contribution >= 0.6 is 22.9 Å². The summed E-state index contributed by atoms with van der Waals surface area (Å²) in [5.74, 6) is 0. The van der Waals surface area contributed by atoms with Gasteiger partial charge >= 0.3 is 6.18 Å². The quantitative estimate of drug-likeness (QED) is 0.600. The van der Waals surface area contributed by atoms with E-state index in [4.69, 9.17) is 17.3 Å². The summed E-state index contributed by atoms with van der Waals surface area (Å²) in [6.45, 7) is 0.538. The van der Waals surface area contributed by atoms with Gasteiger partial charge in [0.15, 0.2) is 0 Å². The molecular weight excluding hydrogens is 359 g/mol. The largest absolute Gasteiger partial charge is 0.418 e. The summed E-state index contributed by atoms with van der Waals surface area (Å²) in [7, 11) is 0. The van der Waals surface area contributed by atoms with E-state index < -0.39 is 11.7 Å². The highest BCUT2D eigenvalue weighted by atomic mass is 35.5. The van der Waals surface area contributed by atoms with Gasteiger partial charge < -0.3 is 10.7 Å². The summed E-state index contributed by atoms with van der Waals surface area (Å²) >= 11 is 7.62. The Kier molecular flexibility index (Phi) is 4.85. The van der Waals surface area contributed by atoms with Gasteiger partial charge in [-0.25, -0.2) is 4.98 Å². The van der Waals surface area contributed by atoms with E-state index in [0.29, 0.717) is 34.1 Å². The number of aromatic amines is 1. The lowest BCUT2D eigenvalue weighted by Gasteiger charge is -2.09. The minimum atomic E-state index is -4.46. The summed E-state index contributed by atoms with van der Waals surface area (Å²) in [4.78, 5) is 7.15. The first-order valence-electron chi connectivity index (χ1n) is 7.43. The smallest absolute Gasteiger partial charge is 0.352 e. The minimum absolute atomic E-state index is 0.0166. The average molecular weight is 374 g/mol. The lowest BCUT2D eigenvalue weighted by atomic mass is 10.0. The van der Waals surface area contributed by atoms with E-state index in [9.17, 15) is 13.2 Å². The number of nitrogens with two attached hydrogens (primary N) is 1. The highest BCUT2D eigenvalue weighted by Crippen LogP contribution is 2.42. The first-order valence-corrected chi connectivity index (χ1v) is 8.69. The highest BCUT2D eigenvalue weighted by Gasteiger charge is 2.34. The van der Waals surface area contributed by atoms with Gasteiger partial charge in [-0.15, -0.1) is 11.3 Å². The van der Waals surface area contributed by atoms with Crippen molar-refractivity contribution in [2.24, 2.45) is 5.73 Å². The van der Waals surface area contributed by atoms with Crippen molar-refractivity contribution in [2.45, 2.75) is 25.4 Å². The Morgan fingerprint density at radius 1 is 1.25 bits per heavy atom. The predicted molar refractivity (Wildman–Crippen MR) is 91.4 cm³/mol. The molecule has 24 heavy (non-hydrogen) atoms. The fourth-order valence-electron chi connectivity index (χ4n) is 2.79. The molecule has 3 nitrogen and oxygen atoms in total. The SMILES string of the molecule is NCCCCc1c(-c2nccs2)[nH]c2c(C(F)(F)F)ccc(Cl)c12. The van der Waals surface area contributed by atoms with E-state index in [2.05, 4.69) is 9.97 Å². The molecule has 3 N–H and O–H groups in total. The molecule has 0 amide bonds. The number of rotatable bonds is 5. The normalized spacial score (nSPS) is 12.2. The number of benzene rings is 1. The van der Waals surface area contributed by atoms with Crippen LogP contribution in [0.15, 0.2) is 23.7 Å². The van der Waals surface area contributed by atoms with Crippen LogP contribution in [0.2, 0.25) is 5.02 Å². The Balaban J connectivity index is 2.25. The number of nitrogens with zero attached hydrogens (tertiary/aromatic N) is 1. The number of alkyl halides is 3. The van der Waals surface area contributed by atoms with E-state index in [1.54, 1.807) is 11.6 Å². The number of H-pyrrole nitrogens is 1. The summed E-state index contributed by atoms with van der Waals surface area (Å²) < 4.78 is 40.0. The maximum atomic E-state index is 13.3. The third kappa shape index (κ3) is 3.16. The second-order valence-corrected chi connectivity index (χ2v) is 6.71. The Labute approximate surface area is 145 Å². The summed E-state index contributed by atoms with van der Waals surface area (Å²) in [6.07, 6.45) is -0.675. The molecule has 0 atom stereocenters. The minimum Gasteiger partial charge on any atom is -0.352 e. The zero-order chi connectivity index (χ0) is 17.3. The van der Waals surface area contributed by atoms with Gasteiger partial charge in [0.2, 0.25) is 0 Å². The molecule has 0 aliphatic heterocycles. The van der Waals surface area contributed by atoms with Crippen LogP contribution in [0.25, 0.3) is 21.6 Å².